The number of carbonyl (C=O) groups is 1. The number of rotatable bonds is 6. The first-order valence-corrected chi connectivity index (χ1v) is 9.77. The van der Waals surface area contributed by atoms with Gasteiger partial charge in [0.25, 0.3) is 5.91 Å². The minimum Gasteiger partial charge on any atom is -0.338 e. The van der Waals surface area contributed by atoms with Crippen LogP contribution in [-0.4, -0.2) is 48.9 Å². The maximum Gasteiger partial charge on any atom is 0.253 e. The van der Waals surface area contributed by atoms with Crippen LogP contribution in [0.5, 0.6) is 0 Å². The van der Waals surface area contributed by atoms with E-state index in [9.17, 15) is 4.79 Å². The van der Waals surface area contributed by atoms with Crippen LogP contribution in [0.15, 0.2) is 54.6 Å². The average molecular weight is 371 g/mol. The third kappa shape index (κ3) is 5.33. The molecule has 0 unspecified atom stereocenters. The molecule has 4 heteroatoms. The van der Waals surface area contributed by atoms with Gasteiger partial charge in [0.1, 0.15) is 0 Å². The van der Waals surface area contributed by atoms with Gasteiger partial charge in [0.2, 0.25) is 0 Å². The van der Waals surface area contributed by atoms with E-state index in [0.29, 0.717) is 16.5 Å². The molecule has 0 bridgehead atoms. The third-order valence-corrected chi connectivity index (χ3v) is 5.31. The molecular weight excluding hydrogens is 344 g/mol. The zero-order chi connectivity index (χ0) is 18.4. The van der Waals surface area contributed by atoms with Gasteiger partial charge in [0.15, 0.2) is 0 Å². The summed E-state index contributed by atoms with van der Waals surface area (Å²) in [5.41, 5.74) is 1.94. The fourth-order valence-electron chi connectivity index (χ4n) is 3.72. The molecule has 0 radical (unpaired) electrons. The van der Waals surface area contributed by atoms with E-state index < -0.39 is 0 Å². The summed E-state index contributed by atoms with van der Waals surface area (Å²) < 4.78 is 0. The third-order valence-electron chi connectivity index (χ3n) is 5.07. The molecule has 1 saturated heterocycles. The standard InChI is InChI=1S/C22H27ClN2O/c1-24-13-6-9-19(16-24)17-25(14-12-18-7-3-2-4-8-18)22(26)20-10-5-11-21(23)15-20/h2-5,7-8,10-11,15,19H,6,9,12-14,16-17H2,1H3/t19-/m0/s1. The number of benzene rings is 2. The summed E-state index contributed by atoms with van der Waals surface area (Å²) in [7, 11) is 2.17. The van der Waals surface area contributed by atoms with Crippen LogP contribution in [0.4, 0.5) is 0 Å². The Balaban J connectivity index is 1.72. The number of hydrogen-bond donors (Lipinski definition) is 0. The van der Waals surface area contributed by atoms with Gasteiger partial charge in [-0.2, -0.15) is 0 Å². The van der Waals surface area contributed by atoms with E-state index in [4.69, 9.17) is 11.6 Å². The second-order valence-electron chi connectivity index (χ2n) is 7.27. The van der Waals surface area contributed by atoms with E-state index in [0.717, 1.165) is 32.6 Å². The molecule has 1 aliphatic heterocycles. The molecule has 0 spiro atoms. The maximum absolute atomic E-state index is 13.1. The molecule has 0 N–H and O–H groups in total. The second-order valence-corrected chi connectivity index (χ2v) is 7.70. The number of nitrogens with zero attached hydrogens (tertiary/aromatic N) is 2. The number of halogens is 1. The second kappa shape index (κ2) is 9.20. The van der Waals surface area contributed by atoms with Crippen molar-refractivity contribution in [1.29, 1.82) is 0 Å². The number of amides is 1. The number of likely N-dealkylation sites (tertiary alicyclic amines) is 1. The van der Waals surface area contributed by atoms with Crippen molar-refractivity contribution in [3.8, 4) is 0 Å². The summed E-state index contributed by atoms with van der Waals surface area (Å²) in [6.45, 7) is 3.76. The van der Waals surface area contributed by atoms with Crippen LogP contribution >= 0.6 is 11.6 Å². The molecule has 2 aromatic carbocycles. The molecule has 1 amide bonds. The summed E-state index contributed by atoms with van der Waals surface area (Å²) in [6.07, 6.45) is 3.27. The van der Waals surface area contributed by atoms with Crippen molar-refractivity contribution in [3.05, 3.63) is 70.7 Å². The van der Waals surface area contributed by atoms with Crippen molar-refractivity contribution in [3.63, 3.8) is 0 Å². The Morgan fingerprint density at radius 3 is 2.73 bits per heavy atom. The first kappa shape index (κ1) is 18.9. The maximum atomic E-state index is 13.1. The Morgan fingerprint density at radius 2 is 2.00 bits per heavy atom. The lowest BCUT2D eigenvalue weighted by Gasteiger charge is -2.34. The van der Waals surface area contributed by atoms with Crippen molar-refractivity contribution in [1.82, 2.24) is 9.80 Å². The molecule has 0 aliphatic carbocycles. The highest BCUT2D eigenvalue weighted by Gasteiger charge is 2.23. The lowest BCUT2D eigenvalue weighted by atomic mass is 9.97. The number of carbonyl (C=O) groups excluding carboxylic acids is 1. The normalized spacial score (nSPS) is 17.8. The quantitative estimate of drug-likeness (QED) is 0.753. The average Bonchev–Trinajstić information content (AvgIpc) is 2.65. The first-order chi connectivity index (χ1) is 12.6. The van der Waals surface area contributed by atoms with Crippen molar-refractivity contribution in [2.24, 2.45) is 5.92 Å². The number of piperidine rings is 1. The van der Waals surface area contributed by atoms with Gasteiger partial charge in [-0.15, -0.1) is 0 Å². The van der Waals surface area contributed by atoms with Gasteiger partial charge in [0.05, 0.1) is 0 Å². The highest BCUT2D eigenvalue weighted by atomic mass is 35.5. The monoisotopic (exact) mass is 370 g/mol. The van der Waals surface area contributed by atoms with E-state index in [-0.39, 0.29) is 5.91 Å². The van der Waals surface area contributed by atoms with Gasteiger partial charge in [-0.1, -0.05) is 48.0 Å². The minimum absolute atomic E-state index is 0.0802. The minimum atomic E-state index is 0.0802. The van der Waals surface area contributed by atoms with Crippen LogP contribution in [0, 0.1) is 5.92 Å². The lowest BCUT2D eigenvalue weighted by molar-refractivity contribution is 0.0693. The first-order valence-electron chi connectivity index (χ1n) is 9.39. The summed E-state index contributed by atoms with van der Waals surface area (Å²) >= 11 is 6.10. The van der Waals surface area contributed by atoms with Gasteiger partial charge in [-0.25, -0.2) is 0 Å². The van der Waals surface area contributed by atoms with Crippen LogP contribution < -0.4 is 0 Å². The van der Waals surface area contributed by atoms with Gasteiger partial charge >= 0.3 is 0 Å². The smallest absolute Gasteiger partial charge is 0.253 e. The molecule has 1 heterocycles. The fraction of sp³-hybridized carbons (Fsp3) is 0.409. The summed E-state index contributed by atoms with van der Waals surface area (Å²) in [6, 6.07) is 17.7. The van der Waals surface area contributed by atoms with E-state index in [2.05, 4.69) is 36.2 Å². The Labute approximate surface area is 161 Å². The van der Waals surface area contributed by atoms with Crippen LogP contribution in [0.25, 0.3) is 0 Å². The molecule has 3 nitrogen and oxygen atoms in total. The van der Waals surface area contributed by atoms with Crippen LogP contribution in [0.1, 0.15) is 28.8 Å². The predicted molar refractivity (Wildman–Crippen MR) is 108 cm³/mol. The summed E-state index contributed by atoms with van der Waals surface area (Å²) in [5.74, 6) is 0.615. The molecule has 1 atom stereocenters. The van der Waals surface area contributed by atoms with E-state index in [1.54, 1.807) is 6.07 Å². The fourth-order valence-corrected chi connectivity index (χ4v) is 3.91. The predicted octanol–water partition coefficient (Wildman–Crippen LogP) is 4.37. The molecule has 1 aliphatic rings. The van der Waals surface area contributed by atoms with Gasteiger partial charge < -0.3 is 9.80 Å². The summed E-state index contributed by atoms with van der Waals surface area (Å²) in [5, 5.41) is 0.608. The molecule has 0 aromatic heterocycles. The Kier molecular flexibility index (Phi) is 6.70. The zero-order valence-electron chi connectivity index (χ0n) is 15.4. The van der Waals surface area contributed by atoms with E-state index in [1.807, 2.05) is 29.2 Å². The highest BCUT2D eigenvalue weighted by molar-refractivity contribution is 6.30. The summed E-state index contributed by atoms with van der Waals surface area (Å²) in [4.78, 5) is 17.5. The number of hydrogen-bond acceptors (Lipinski definition) is 2. The molecule has 1 fully saturated rings. The van der Waals surface area contributed by atoms with Crippen LogP contribution in [-0.2, 0) is 6.42 Å². The van der Waals surface area contributed by atoms with Crippen LogP contribution in [0.3, 0.4) is 0 Å². The SMILES string of the molecule is CN1CCC[C@H](CN(CCc2ccccc2)C(=O)c2cccc(Cl)c2)C1. The van der Waals surface area contributed by atoms with E-state index >= 15 is 0 Å². The molecule has 26 heavy (non-hydrogen) atoms. The Bertz CT molecular complexity index is 719. The van der Waals surface area contributed by atoms with Crippen molar-refractivity contribution in [2.75, 3.05) is 33.2 Å². The van der Waals surface area contributed by atoms with Gasteiger partial charge in [0, 0.05) is 30.2 Å². The topological polar surface area (TPSA) is 23.6 Å². The van der Waals surface area contributed by atoms with Crippen molar-refractivity contribution in [2.45, 2.75) is 19.3 Å². The molecule has 3 rings (SSSR count). The molecule has 0 saturated carbocycles. The van der Waals surface area contributed by atoms with Crippen LogP contribution in [0.2, 0.25) is 5.02 Å². The van der Waals surface area contributed by atoms with Crippen molar-refractivity contribution >= 4 is 17.5 Å². The molecule has 138 valence electrons. The molecular formula is C22H27ClN2O. The van der Waals surface area contributed by atoms with Crippen molar-refractivity contribution < 1.29 is 4.79 Å². The van der Waals surface area contributed by atoms with Gasteiger partial charge in [-0.05, 0) is 62.5 Å². The Hall–Kier alpha value is -1.84. The molecule has 2 aromatic rings. The van der Waals surface area contributed by atoms with E-state index in [1.165, 1.54) is 18.4 Å². The zero-order valence-corrected chi connectivity index (χ0v) is 16.2. The lowest BCUT2D eigenvalue weighted by Crippen LogP contribution is -2.42. The van der Waals surface area contributed by atoms with Gasteiger partial charge in [-0.3, -0.25) is 4.79 Å². The highest BCUT2D eigenvalue weighted by Crippen LogP contribution is 2.19. The largest absolute Gasteiger partial charge is 0.338 e. The Morgan fingerprint density at radius 1 is 1.19 bits per heavy atom.